The van der Waals surface area contributed by atoms with Crippen molar-refractivity contribution >= 4 is 33.4 Å². The van der Waals surface area contributed by atoms with Crippen LogP contribution in [0.1, 0.15) is 49.9 Å². The van der Waals surface area contributed by atoms with Gasteiger partial charge in [0.25, 0.3) is 5.91 Å². The van der Waals surface area contributed by atoms with Gasteiger partial charge in [-0.1, -0.05) is 53.7 Å². The van der Waals surface area contributed by atoms with Crippen molar-refractivity contribution in [2.45, 2.75) is 45.6 Å². The summed E-state index contributed by atoms with van der Waals surface area (Å²) in [6.07, 6.45) is 4.55. The predicted molar refractivity (Wildman–Crippen MR) is 80.2 cm³/mol. The highest BCUT2D eigenvalue weighted by Gasteiger charge is 2.13. The fourth-order valence-electron chi connectivity index (χ4n) is 1.75. The van der Waals surface area contributed by atoms with Gasteiger partial charge in [0, 0.05) is 10.5 Å². The van der Waals surface area contributed by atoms with Gasteiger partial charge in [0.1, 0.15) is 0 Å². The van der Waals surface area contributed by atoms with Gasteiger partial charge in [0.2, 0.25) is 0 Å². The van der Waals surface area contributed by atoms with Crippen LogP contribution in [0.4, 0.5) is 0 Å². The smallest absolute Gasteiger partial charge is 0.253 e. The number of hydrogen-bond donors (Lipinski definition) is 1. The number of unbranched alkanes of at least 4 members (excludes halogenated alkanes) is 2. The van der Waals surface area contributed by atoms with Crippen molar-refractivity contribution in [3.8, 4) is 0 Å². The van der Waals surface area contributed by atoms with E-state index < -0.39 is 0 Å². The third-order valence-electron chi connectivity index (χ3n) is 2.79. The molecule has 0 saturated heterocycles. The van der Waals surface area contributed by atoms with Gasteiger partial charge >= 0.3 is 0 Å². The molecule has 0 aliphatic heterocycles. The molecule has 1 unspecified atom stereocenters. The molecule has 0 bridgehead atoms. The van der Waals surface area contributed by atoms with E-state index >= 15 is 0 Å². The molecule has 2 nitrogen and oxygen atoms in total. The zero-order valence-corrected chi connectivity index (χ0v) is 13.1. The highest BCUT2D eigenvalue weighted by atomic mass is 79.9. The lowest BCUT2D eigenvalue weighted by atomic mass is 10.1. The number of carbonyl (C=O) groups excluding carboxylic acids is 1. The van der Waals surface area contributed by atoms with Gasteiger partial charge in [-0.25, -0.2) is 0 Å². The molecule has 18 heavy (non-hydrogen) atoms. The Morgan fingerprint density at radius 1 is 1.44 bits per heavy atom. The van der Waals surface area contributed by atoms with Crippen LogP contribution in [-0.2, 0) is 0 Å². The summed E-state index contributed by atoms with van der Waals surface area (Å²) in [6.45, 7) is 4.20. The molecular weight excluding hydrogens is 314 g/mol. The van der Waals surface area contributed by atoms with E-state index in [1.54, 1.807) is 12.1 Å². The van der Waals surface area contributed by atoms with Crippen molar-refractivity contribution in [2.24, 2.45) is 0 Å². The first-order valence-electron chi connectivity index (χ1n) is 6.30. The monoisotopic (exact) mass is 331 g/mol. The number of nitrogens with one attached hydrogen (secondary N) is 1. The fourth-order valence-corrected chi connectivity index (χ4v) is 2.31. The number of halogens is 2. The molecule has 0 spiro atoms. The van der Waals surface area contributed by atoms with Crippen molar-refractivity contribution < 1.29 is 4.79 Å². The minimum Gasteiger partial charge on any atom is -0.350 e. The van der Waals surface area contributed by atoms with Gasteiger partial charge in [-0.05, 0) is 31.5 Å². The van der Waals surface area contributed by atoms with Crippen molar-refractivity contribution in [3.63, 3.8) is 0 Å². The summed E-state index contributed by atoms with van der Waals surface area (Å²) in [4.78, 5) is 12.0. The van der Waals surface area contributed by atoms with Crippen LogP contribution >= 0.6 is 27.5 Å². The summed E-state index contributed by atoms with van der Waals surface area (Å²) in [6, 6.07) is 5.47. The van der Waals surface area contributed by atoms with Crippen molar-refractivity contribution in [3.05, 3.63) is 33.3 Å². The van der Waals surface area contributed by atoms with Gasteiger partial charge in [-0.3, -0.25) is 4.79 Å². The first kappa shape index (κ1) is 15.5. The van der Waals surface area contributed by atoms with Crippen molar-refractivity contribution in [1.29, 1.82) is 0 Å². The Morgan fingerprint density at radius 3 is 2.83 bits per heavy atom. The van der Waals surface area contributed by atoms with Gasteiger partial charge in [0.05, 0.1) is 10.6 Å². The molecule has 0 aliphatic rings. The molecule has 1 aromatic rings. The number of benzene rings is 1. The van der Waals surface area contributed by atoms with E-state index in [1.807, 2.05) is 13.0 Å². The van der Waals surface area contributed by atoms with Crippen LogP contribution < -0.4 is 5.32 Å². The maximum Gasteiger partial charge on any atom is 0.253 e. The number of hydrogen-bond acceptors (Lipinski definition) is 1. The van der Waals surface area contributed by atoms with Crippen LogP contribution in [0.15, 0.2) is 22.7 Å². The zero-order chi connectivity index (χ0) is 13.5. The van der Waals surface area contributed by atoms with Crippen molar-refractivity contribution in [2.75, 3.05) is 0 Å². The second-order valence-corrected chi connectivity index (χ2v) is 5.82. The minimum absolute atomic E-state index is 0.106. The summed E-state index contributed by atoms with van der Waals surface area (Å²) >= 11 is 9.36. The van der Waals surface area contributed by atoms with Crippen LogP contribution in [0.2, 0.25) is 5.02 Å². The Bertz CT molecular complexity index is 409. The van der Waals surface area contributed by atoms with E-state index in [-0.39, 0.29) is 11.9 Å². The summed E-state index contributed by atoms with van der Waals surface area (Å²) in [5, 5.41) is 3.46. The molecule has 1 aromatic carbocycles. The molecule has 1 amide bonds. The highest BCUT2D eigenvalue weighted by Crippen LogP contribution is 2.21. The van der Waals surface area contributed by atoms with Gasteiger partial charge in [-0.2, -0.15) is 0 Å². The summed E-state index contributed by atoms with van der Waals surface area (Å²) < 4.78 is 0.857. The number of amides is 1. The topological polar surface area (TPSA) is 29.1 Å². The molecule has 0 radical (unpaired) electrons. The van der Waals surface area contributed by atoms with Crippen LogP contribution in [0, 0.1) is 0 Å². The number of rotatable bonds is 6. The van der Waals surface area contributed by atoms with E-state index in [2.05, 4.69) is 28.2 Å². The molecule has 1 rings (SSSR count). The Morgan fingerprint density at radius 2 is 2.17 bits per heavy atom. The molecule has 0 saturated carbocycles. The highest BCUT2D eigenvalue weighted by molar-refractivity contribution is 9.10. The molecule has 0 heterocycles. The quantitative estimate of drug-likeness (QED) is 0.745. The van der Waals surface area contributed by atoms with Crippen LogP contribution in [0.3, 0.4) is 0 Å². The lowest BCUT2D eigenvalue weighted by Gasteiger charge is -2.14. The average molecular weight is 333 g/mol. The lowest BCUT2D eigenvalue weighted by Crippen LogP contribution is -2.32. The van der Waals surface area contributed by atoms with Gasteiger partial charge < -0.3 is 5.32 Å². The molecular formula is C14H19BrClNO. The SMILES string of the molecule is CCCCCC(C)NC(=O)c1cc(Br)ccc1Cl. The first-order valence-corrected chi connectivity index (χ1v) is 7.47. The standard InChI is InChI=1S/C14H19BrClNO/c1-3-4-5-6-10(2)17-14(18)12-9-11(15)7-8-13(12)16/h7-10H,3-6H2,1-2H3,(H,17,18). The second kappa shape index (κ2) is 7.80. The van der Waals surface area contributed by atoms with Crippen molar-refractivity contribution in [1.82, 2.24) is 5.32 Å². The minimum atomic E-state index is -0.106. The largest absolute Gasteiger partial charge is 0.350 e. The average Bonchev–Trinajstić information content (AvgIpc) is 2.32. The maximum atomic E-state index is 12.0. The summed E-state index contributed by atoms with van der Waals surface area (Å²) in [5.74, 6) is -0.106. The molecule has 100 valence electrons. The molecule has 0 aromatic heterocycles. The molecule has 1 atom stereocenters. The zero-order valence-electron chi connectivity index (χ0n) is 10.8. The van der Waals surface area contributed by atoms with Crippen LogP contribution in [-0.4, -0.2) is 11.9 Å². The predicted octanol–water partition coefficient (Wildman–Crippen LogP) is 4.80. The van der Waals surface area contributed by atoms with Gasteiger partial charge in [-0.15, -0.1) is 0 Å². The Labute approximate surface area is 122 Å². The summed E-state index contributed by atoms with van der Waals surface area (Å²) in [7, 11) is 0. The van der Waals surface area contributed by atoms with E-state index in [9.17, 15) is 4.79 Å². The summed E-state index contributed by atoms with van der Waals surface area (Å²) in [5.41, 5.74) is 0.522. The molecule has 4 heteroatoms. The maximum absolute atomic E-state index is 12.0. The van der Waals surface area contributed by atoms with E-state index in [0.717, 1.165) is 17.3 Å². The Balaban J connectivity index is 2.56. The molecule has 0 fully saturated rings. The van der Waals surface area contributed by atoms with E-state index in [0.29, 0.717) is 10.6 Å². The second-order valence-electron chi connectivity index (χ2n) is 4.49. The van der Waals surface area contributed by atoms with E-state index in [1.165, 1.54) is 12.8 Å². The third kappa shape index (κ3) is 4.99. The number of carbonyl (C=O) groups is 1. The Kier molecular flexibility index (Phi) is 6.72. The normalized spacial score (nSPS) is 12.2. The first-order chi connectivity index (χ1) is 8.54. The molecule has 0 aliphatic carbocycles. The van der Waals surface area contributed by atoms with E-state index in [4.69, 9.17) is 11.6 Å². The third-order valence-corrected chi connectivity index (χ3v) is 3.61. The van der Waals surface area contributed by atoms with Crippen LogP contribution in [0.25, 0.3) is 0 Å². The lowest BCUT2D eigenvalue weighted by molar-refractivity contribution is 0.0938. The Hall–Kier alpha value is -0.540. The molecule has 1 N–H and O–H groups in total. The van der Waals surface area contributed by atoms with Crippen LogP contribution in [0.5, 0.6) is 0 Å². The fraction of sp³-hybridized carbons (Fsp3) is 0.500. The van der Waals surface area contributed by atoms with Gasteiger partial charge in [0.15, 0.2) is 0 Å².